The number of esters is 1. The monoisotopic (exact) mass is 495 g/mol. The Balaban J connectivity index is 1.22. The Kier molecular flexibility index (Phi) is 7.45. The summed E-state index contributed by atoms with van der Waals surface area (Å²) in [7, 11) is 1.39. The summed E-state index contributed by atoms with van der Waals surface area (Å²) in [6, 6.07) is 3.50. The number of methoxy groups -OCH3 is 1. The molecule has 0 radical (unpaired) electrons. The van der Waals surface area contributed by atoms with Gasteiger partial charge in [0.1, 0.15) is 0 Å². The van der Waals surface area contributed by atoms with Crippen LogP contribution in [0.2, 0.25) is 0 Å². The maximum atomic E-state index is 11.6. The number of hydrogen-bond donors (Lipinski definition) is 0. The topological polar surface area (TPSA) is 48.4 Å². The molecule has 1 unspecified atom stereocenters. The minimum absolute atomic E-state index is 0.363. The quantitative estimate of drug-likeness (QED) is 0.360. The summed E-state index contributed by atoms with van der Waals surface area (Å²) in [6.07, 6.45) is 17.2. The van der Waals surface area contributed by atoms with Crippen LogP contribution >= 0.6 is 0 Å². The van der Waals surface area contributed by atoms with E-state index in [2.05, 4.69) is 32.7 Å². The zero-order valence-corrected chi connectivity index (χ0v) is 23.4. The molecule has 200 valence electrons. The van der Waals surface area contributed by atoms with Crippen molar-refractivity contribution in [3.8, 4) is 5.88 Å². The number of aromatic nitrogens is 1. The fourth-order valence-electron chi connectivity index (χ4n) is 10.2. The fraction of sp³-hybridized carbons (Fsp3) is 0.812. The smallest absolute Gasteiger partial charge is 0.339 e. The van der Waals surface area contributed by atoms with Gasteiger partial charge in [0.15, 0.2) is 0 Å². The Morgan fingerprint density at radius 3 is 2.58 bits per heavy atom. The van der Waals surface area contributed by atoms with Crippen molar-refractivity contribution in [2.24, 2.45) is 52.3 Å². The molecule has 1 heterocycles. The third kappa shape index (κ3) is 4.39. The highest BCUT2D eigenvalue weighted by atomic mass is 16.5. The number of carbonyl (C=O) groups excluding carboxylic acids is 1. The van der Waals surface area contributed by atoms with Crippen LogP contribution in [0.25, 0.3) is 0 Å². The van der Waals surface area contributed by atoms with Gasteiger partial charge in [0.05, 0.1) is 19.3 Å². The molecule has 4 nitrogen and oxygen atoms in total. The highest BCUT2D eigenvalue weighted by molar-refractivity contribution is 5.88. The summed E-state index contributed by atoms with van der Waals surface area (Å²) in [4.78, 5) is 15.9. The van der Waals surface area contributed by atoms with Crippen LogP contribution in [0.15, 0.2) is 18.3 Å². The molecule has 4 fully saturated rings. The predicted molar refractivity (Wildman–Crippen MR) is 144 cm³/mol. The minimum atomic E-state index is -0.363. The lowest BCUT2D eigenvalue weighted by molar-refractivity contribution is -0.138. The van der Waals surface area contributed by atoms with Crippen LogP contribution in [0.3, 0.4) is 0 Å². The Hall–Kier alpha value is -1.58. The number of ether oxygens (including phenoxy) is 2. The molecule has 36 heavy (non-hydrogen) atoms. The Labute approximate surface area is 219 Å². The third-order valence-electron chi connectivity index (χ3n) is 12.0. The molecule has 4 heteroatoms. The molecule has 0 bridgehead atoms. The van der Waals surface area contributed by atoms with Crippen LogP contribution in [0, 0.1) is 52.3 Å². The SMILES string of the molecule is CC[C@H]1C[C@H]2C3CC[C@H]([C@H](C)CCOc4ccc(C(=O)OC)cn4)[C@@]3(C)CC[C@@H]2[C@@]2(C)CCCC[C@@H]12. The van der Waals surface area contributed by atoms with Crippen molar-refractivity contribution in [3.63, 3.8) is 0 Å². The molecule has 0 saturated heterocycles. The van der Waals surface area contributed by atoms with E-state index in [1.807, 2.05) is 0 Å². The zero-order valence-electron chi connectivity index (χ0n) is 23.4. The van der Waals surface area contributed by atoms with E-state index in [1.165, 1.54) is 77.5 Å². The van der Waals surface area contributed by atoms with E-state index >= 15 is 0 Å². The van der Waals surface area contributed by atoms with E-state index in [0.29, 0.717) is 34.8 Å². The predicted octanol–water partition coefficient (Wildman–Crippen LogP) is 7.96. The lowest BCUT2D eigenvalue weighted by atomic mass is 9.42. The van der Waals surface area contributed by atoms with Gasteiger partial charge in [0.2, 0.25) is 5.88 Å². The van der Waals surface area contributed by atoms with Crippen molar-refractivity contribution in [2.45, 2.75) is 98.3 Å². The fourth-order valence-corrected chi connectivity index (χ4v) is 10.2. The second-order valence-corrected chi connectivity index (χ2v) is 13.4. The van der Waals surface area contributed by atoms with Crippen molar-refractivity contribution in [3.05, 3.63) is 23.9 Å². The average molecular weight is 496 g/mol. The highest BCUT2D eigenvalue weighted by Gasteiger charge is 2.61. The molecule has 4 saturated carbocycles. The summed E-state index contributed by atoms with van der Waals surface area (Å²) in [5, 5.41) is 0. The van der Waals surface area contributed by atoms with Gasteiger partial charge in [-0.05, 0) is 110 Å². The van der Waals surface area contributed by atoms with Crippen LogP contribution in [-0.2, 0) is 4.74 Å². The normalized spacial score (nSPS) is 40.5. The first kappa shape index (κ1) is 26.0. The lowest BCUT2D eigenvalue weighted by Gasteiger charge is -2.63. The Morgan fingerprint density at radius 1 is 1.06 bits per heavy atom. The van der Waals surface area contributed by atoms with Gasteiger partial charge in [-0.2, -0.15) is 0 Å². The van der Waals surface area contributed by atoms with Crippen molar-refractivity contribution < 1.29 is 14.3 Å². The van der Waals surface area contributed by atoms with Gasteiger partial charge in [-0.25, -0.2) is 9.78 Å². The highest BCUT2D eigenvalue weighted by Crippen LogP contribution is 2.69. The lowest BCUT2D eigenvalue weighted by Crippen LogP contribution is -2.55. The average Bonchev–Trinajstić information content (AvgIpc) is 3.25. The standard InChI is InChI=1S/C32H49NO3/c1-6-22-19-24-27-12-11-25(21(2)15-18-36-29-13-10-23(20-33-29)30(34)35-5)32(27,4)17-14-28(24)31(3)16-8-7-9-26(22)31/h10,13,20-22,24-28H,6-9,11-12,14-19H2,1-5H3/t21-,22+,24+,25-,26+,27?,28+,31+,32-/m1/s1. The maximum absolute atomic E-state index is 11.6. The molecule has 0 amide bonds. The first-order chi connectivity index (χ1) is 17.3. The molecular weight excluding hydrogens is 446 g/mol. The molecule has 5 rings (SSSR count). The van der Waals surface area contributed by atoms with Gasteiger partial charge in [-0.1, -0.05) is 47.0 Å². The van der Waals surface area contributed by atoms with Gasteiger partial charge in [-0.3, -0.25) is 0 Å². The van der Waals surface area contributed by atoms with Gasteiger partial charge < -0.3 is 9.47 Å². The van der Waals surface area contributed by atoms with E-state index in [1.54, 1.807) is 12.1 Å². The first-order valence-corrected chi connectivity index (χ1v) is 15.0. The molecule has 0 aliphatic heterocycles. The second kappa shape index (κ2) is 10.3. The summed E-state index contributed by atoms with van der Waals surface area (Å²) < 4.78 is 10.8. The zero-order chi connectivity index (χ0) is 25.5. The maximum Gasteiger partial charge on any atom is 0.339 e. The molecule has 0 N–H and O–H groups in total. The molecule has 1 aromatic rings. The van der Waals surface area contributed by atoms with E-state index in [0.717, 1.165) is 41.9 Å². The molecule has 4 aliphatic carbocycles. The third-order valence-corrected chi connectivity index (χ3v) is 12.0. The van der Waals surface area contributed by atoms with Crippen LogP contribution in [0.5, 0.6) is 5.88 Å². The van der Waals surface area contributed by atoms with Crippen LogP contribution < -0.4 is 4.74 Å². The van der Waals surface area contributed by atoms with Crippen molar-refractivity contribution in [1.29, 1.82) is 0 Å². The van der Waals surface area contributed by atoms with Gasteiger partial charge in [0, 0.05) is 12.3 Å². The number of pyridine rings is 1. The van der Waals surface area contributed by atoms with E-state index < -0.39 is 0 Å². The number of nitrogens with zero attached hydrogens (tertiary/aromatic N) is 1. The largest absolute Gasteiger partial charge is 0.478 e. The van der Waals surface area contributed by atoms with E-state index in [9.17, 15) is 4.79 Å². The number of carbonyl (C=O) groups is 1. The Bertz CT molecular complexity index is 914. The van der Waals surface area contributed by atoms with Crippen molar-refractivity contribution in [1.82, 2.24) is 4.98 Å². The summed E-state index contributed by atoms with van der Waals surface area (Å²) in [6.45, 7) is 11.0. The molecule has 1 aromatic heterocycles. The molecule has 0 spiro atoms. The first-order valence-electron chi connectivity index (χ1n) is 15.0. The number of hydrogen-bond acceptors (Lipinski definition) is 4. The molecule has 9 atom stereocenters. The van der Waals surface area contributed by atoms with Gasteiger partial charge in [0.25, 0.3) is 0 Å². The van der Waals surface area contributed by atoms with Crippen LogP contribution in [0.4, 0.5) is 0 Å². The summed E-state index contributed by atoms with van der Waals surface area (Å²) >= 11 is 0. The van der Waals surface area contributed by atoms with E-state index in [4.69, 9.17) is 9.47 Å². The van der Waals surface area contributed by atoms with Crippen LogP contribution in [-0.4, -0.2) is 24.7 Å². The van der Waals surface area contributed by atoms with Crippen LogP contribution in [0.1, 0.15) is 109 Å². The molecule has 0 aromatic carbocycles. The molecule has 4 aliphatic rings. The summed E-state index contributed by atoms with van der Waals surface area (Å²) in [5.74, 6) is 6.50. The van der Waals surface area contributed by atoms with Crippen molar-refractivity contribution >= 4 is 5.97 Å². The molecular formula is C32H49NO3. The van der Waals surface area contributed by atoms with Crippen molar-refractivity contribution in [2.75, 3.05) is 13.7 Å². The number of fused-ring (bicyclic) bond motifs is 5. The van der Waals surface area contributed by atoms with E-state index in [-0.39, 0.29) is 5.97 Å². The minimum Gasteiger partial charge on any atom is -0.478 e. The Morgan fingerprint density at radius 2 is 1.86 bits per heavy atom. The van der Waals surface area contributed by atoms with Gasteiger partial charge in [-0.15, -0.1) is 0 Å². The second-order valence-electron chi connectivity index (χ2n) is 13.4. The number of rotatable bonds is 7. The summed E-state index contributed by atoms with van der Waals surface area (Å²) in [5.41, 5.74) is 1.56. The van der Waals surface area contributed by atoms with Gasteiger partial charge >= 0.3 is 5.97 Å².